The van der Waals surface area contributed by atoms with Gasteiger partial charge in [0.05, 0.1) is 36.5 Å². The fraction of sp³-hybridized carbons (Fsp3) is 0.214. The van der Waals surface area contributed by atoms with Crippen LogP contribution in [0.15, 0.2) is 77.2 Å². The molecular formula is C28H24N2O3. The van der Waals surface area contributed by atoms with Gasteiger partial charge in [-0.05, 0) is 98.5 Å². The summed E-state index contributed by atoms with van der Waals surface area (Å²) in [5.74, 6) is 2.41. The summed E-state index contributed by atoms with van der Waals surface area (Å²) >= 11 is 0. The molecule has 5 heteroatoms. The monoisotopic (exact) mass is 436 g/mol. The van der Waals surface area contributed by atoms with Crippen molar-refractivity contribution in [2.45, 2.75) is 25.7 Å². The normalized spacial score (nSPS) is 10.5. The minimum absolute atomic E-state index is 0.623. The molecule has 0 saturated heterocycles. The van der Waals surface area contributed by atoms with Gasteiger partial charge in [0, 0.05) is 10.9 Å². The molecule has 0 aliphatic carbocycles. The number of fused-ring (bicyclic) bond motifs is 1. The molecule has 33 heavy (non-hydrogen) atoms. The van der Waals surface area contributed by atoms with Crippen molar-refractivity contribution in [3.05, 3.63) is 83.9 Å². The molecule has 0 fully saturated rings. The van der Waals surface area contributed by atoms with Gasteiger partial charge in [-0.1, -0.05) is 0 Å². The van der Waals surface area contributed by atoms with E-state index >= 15 is 0 Å². The van der Waals surface area contributed by atoms with E-state index in [0.29, 0.717) is 24.3 Å². The van der Waals surface area contributed by atoms with E-state index in [2.05, 4.69) is 12.1 Å². The summed E-state index contributed by atoms with van der Waals surface area (Å²) < 4.78 is 17.5. The first-order valence-corrected chi connectivity index (χ1v) is 11.0. The number of benzene rings is 3. The van der Waals surface area contributed by atoms with Gasteiger partial charge >= 0.3 is 0 Å². The lowest BCUT2D eigenvalue weighted by atomic mass is 10.1. The lowest BCUT2D eigenvalue weighted by Crippen LogP contribution is -2.00. The third-order valence-electron chi connectivity index (χ3n) is 5.34. The van der Waals surface area contributed by atoms with Gasteiger partial charge in [-0.15, -0.1) is 0 Å². The molecule has 0 atom stereocenters. The van der Waals surface area contributed by atoms with E-state index in [1.165, 1.54) is 0 Å². The predicted octanol–water partition coefficient (Wildman–Crippen LogP) is 6.86. The number of unbranched alkanes of at least 4 members (excludes halogenated alkanes) is 3. The van der Waals surface area contributed by atoms with Crippen LogP contribution in [0.4, 0.5) is 0 Å². The van der Waals surface area contributed by atoms with E-state index in [4.69, 9.17) is 24.4 Å². The van der Waals surface area contributed by atoms with E-state index in [0.717, 1.165) is 59.5 Å². The van der Waals surface area contributed by atoms with Crippen molar-refractivity contribution in [3.63, 3.8) is 0 Å². The van der Waals surface area contributed by atoms with Crippen molar-refractivity contribution in [1.29, 1.82) is 10.5 Å². The third-order valence-corrected chi connectivity index (χ3v) is 5.34. The van der Waals surface area contributed by atoms with E-state index < -0.39 is 0 Å². The Kier molecular flexibility index (Phi) is 7.25. The summed E-state index contributed by atoms with van der Waals surface area (Å²) in [7, 11) is 0. The zero-order valence-corrected chi connectivity index (χ0v) is 18.3. The summed E-state index contributed by atoms with van der Waals surface area (Å²) in [6.07, 6.45) is 4.14. The summed E-state index contributed by atoms with van der Waals surface area (Å²) in [6, 6.07) is 26.7. The highest BCUT2D eigenvalue weighted by Gasteiger charge is 2.07. The first kappa shape index (κ1) is 22.0. The summed E-state index contributed by atoms with van der Waals surface area (Å²) in [5, 5.41) is 18.8. The van der Waals surface area contributed by atoms with Crippen LogP contribution in [0.5, 0.6) is 11.5 Å². The molecule has 1 aromatic heterocycles. The molecule has 1 heterocycles. The molecular weight excluding hydrogens is 412 g/mol. The molecule has 0 amide bonds. The average Bonchev–Trinajstić information content (AvgIpc) is 3.29. The highest BCUT2D eigenvalue weighted by atomic mass is 16.5. The van der Waals surface area contributed by atoms with Gasteiger partial charge in [0.2, 0.25) is 0 Å². The fourth-order valence-electron chi connectivity index (χ4n) is 3.53. The molecule has 0 bridgehead atoms. The van der Waals surface area contributed by atoms with E-state index in [-0.39, 0.29) is 0 Å². The largest absolute Gasteiger partial charge is 0.494 e. The smallest absolute Gasteiger partial charge is 0.135 e. The Bertz CT molecular complexity index is 1280. The van der Waals surface area contributed by atoms with Gasteiger partial charge in [0.25, 0.3) is 0 Å². The van der Waals surface area contributed by atoms with Gasteiger partial charge < -0.3 is 13.9 Å². The average molecular weight is 437 g/mol. The van der Waals surface area contributed by atoms with Crippen LogP contribution in [0.2, 0.25) is 0 Å². The fourth-order valence-corrected chi connectivity index (χ4v) is 3.53. The Labute approximate surface area is 193 Å². The lowest BCUT2D eigenvalue weighted by Gasteiger charge is -2.08. The second-order valence-corrected chi connectivity index (χ2v) is 7.75. The maximum Gasteiger partial charge on any atom is 0.135 e. The first-order chi connectivity index (χ1) is 16.2. The summed E-state index contributed by atoms with van der Waals surface area (Å²) in [4.78, 5) is 0. The van der Waals surface area contributed by atoms with Crippen LogP contribution in [0.1, 0.15) is 36.8 Å². The molecule has 5 nitrogen and oxygen atoms in total. The first-order valence-electron chi connectivity index (χ1n) is 11.0. The zero-order valence-electron chi connectivity index (χ0n) is 18.3. The summed E-state index contributed by atoms with van der Waals surface area (Å²) in [6.45, 7) is 1.35. The molecule has 0 radical (unpaired) electrons. The van der Waals surface area contributed by atoms with Crippen molar-refractivity contribution in [3.8, 4) is 35.0 Å². The quantitative estimate of drug-likeness (QED) is 0.254. The molecule has 0 aliphatic rings. The van der Waals surface area contributed by atoms with Gasteiger partial charge in [0.1, 0.15) is 22.8 Å². The Hall–Kier alpha value is -4.22. The van der Waals surface area contributed by atoms with Crippen molar-refractivity contribution in [2.75, 3.05) is 13.2 Å². The highest BCUT2D eigenvalue weighted by molar-refractivity contribution is 5.84. The Balaban J connectivity index is 1.15. The Morgan fingerprint density at radius 2 is 1.21 bits per heavy atom. The number of hydrogen-bond acceptors (Lipinski definition) is 5. The molecule has 164 valence electrons. The van der Waals surface area contributed by atoms with Crippen molar-refractivity contribution in [2.24, 2.45) is 0 Å². The molecule has 0 unspecified atom stereocenters. The van der Waals surface area contributed by atoms with Crippen LogP contribution < -0.4 is 9.47 Å². The zero-order chi connectivity index (χ0) is 22.9. The number of hydrogen-bond donors (Lipinski definition) is 0. The lowest BCUT2D eigenvalue weighted by molar-refractivity contribution is 0.287. The van der Waals surface area contributed by atoms with E-state index in [9.17, 15) is 0 Å². The predicted molar refractivity (Wildman–Crippen MR) is 127 cm³/mol. The van der Waals surface area contributed by atoms with Crippen molar-refractivity contribution < 1.29 is 13.9 Å². The Morgan fingerprint density at radius 1 is 0.636 bits per heavy atom. The van der Waals surface area contributed by atoms with Crippen LogP contribution >= 0.6 is 0 Å². The maximum atomic E-state index is 9.04. The Morgan fingerprint density at radius 3 is 1.82 bits per heavy atom. The topological polar surface area (TPSA) is 79.2 Å². The summed E-state index contributed by atoms with van der Waals surface area (Å²) in [5.41, 5.74) is 3.00. The second-order valence-electron chi connectivity index (χ2n) is 7.75. The van der Waals surface area contributed by atoms with E-state index in [1.54, 1.807) is 18.2 Å². The standard InChI is InChI=1S/C28H24N2O3/c29-19-21-5-10-25(11-6-21)31-15-3-1-2-4-16-32-26-12-8-23(9-13-26)28-18-24-17-22(20-30)7-14-27(24)33-28/h5-14,17-18H,1-4,15-16H2. The molecule has 4 aromatic rings. The minimum Gasteiger partial charge on any atom is -0.494 e. The molecule has 0 aliphatic heterocycles. The third kappa shape index (κ3) is 5.93. The highest BCUT2D eigenvalue weighted by Crippen LogP contribution is 2.29. The SMILES string of the molecule is N#Cc1ccc(OCCCCCCOc2ccc(-c3cc4cc(C#N)ccc4o3)cc2)cc1. The molecule has 0 saturated carbocycles. The number of rotatable bonds is 10. The molecule has 3 aromatic carbocycles. The van der Waals surface area contributed by atoms with Crippen LogP contribution in [0, 0.1) is 22.7 Å². The van der Waals surface area contributed by atoms with Gasteiger partial charge in [0.15, 0.2) is 0 Å². The molecule has 0 N–H and O–H groups in total. The van der Waals surface area contributed by atoms with Gasteiger partial charge in [-0.25, -0.2) is 0 Å². The number of furan rings is 1. The van der Waals surface area contributed by atoms with Crippen molar-refractivity contribution in [1.82, 2.24) is 0 Å². The molecule has 4 rings (SSSR count). The number of nitrogens with zero attached hydrogens (tertiary/aromatic N) is 2. The molecule has 0 spiro atoms. The van der Waals surface area contributed by atoms with Crippen molar-refractivity contribution >= 4 is 11.0 Å². The number of ether oxygens (including phenoxy) is 2. The second kappa shape index (κ2) is 10.9. The minimum atomic E-state index is 0.623. The maximum absolute atomic E-state index is 9.04. The number of nitriles is 2. The van der Waals surface area contributed by atoms with Crippen LogP contribution in [0.25, 0.3) is 22.3 Å². The van der Waals surface area contributed by atoms with Gasteiger partial charge in [-0.2, -0.15) is 10.5 Å². The van der Waals surface area contributed by atoms with Crippen LogP contribution in [-0.2, 0) is 0 Å². The van der Waals surface area contributed by atoms with Crippen LogP contribution in [-0.4, -0.2) is 13.2 Å². The van der Waals surface area contributed by atoms with Gasteiger partial charge in [-0.3, -0.25) is 0 Å². The van der Waals surface area contributed by atoms with E-state index in [1.807, 2.05) is 54.6 Å². The van der Waals surface area contributed by atoms with Crippen LogP contribution in [0.3, 0.4) is 0 Å².